The van der Waals surface area contributed by atoms with Crippen LogP contribution in [0.25, 0.3) is 11.0 Å². The zero-order chi connectivity index (χ0) is 16.3. The van der Waals surface area contributed by atoms with E-state index >= 15 is 0 Å². The summed E-state index contributed by atoms with van der Waals surface area (Å²) in [6.07, 6.45) is 0.896. The van der Waals surface area contributed by atoms with Crippen LogP contribution in [0.1, 0.15) is 42.0 Å². The second-order valence-corrected chi connectivity index (χ2v) is 5.75. The fraction of sp³-hybridized carbons (Fsp3) is 0.471. The third kappa shape index (κ3) is 3.42. The summed E-state index contributed by atoms with van der Waals surface area (Å²) in [5.74, 6) is 0.0281. The Balaban J connectivity index is 2.26. The minimum atomic E-state index is -0.237. The van der Waals surface area contributed by atoms with Crippen molar-refractivity contribution in [3.05, 3.63) is 35.2 Å². The lowest BCUT2D eigenvalue weighted by atomic mass is 9.99. The maximum Gasteiger partial charge on any atom is 0.251 e. The fourth-order valence-electron chi connectivity index (χ4n) is 2.28. The van der Waals surface area contributed by atoms with Gasteiger partial charge in [0.15, 0.2) is 0 Å². The first-order valence-corrected chi connectivity index (χ1v) is 7.63. The van der Waals surface area contributed by atoms with Gasteiger partial charge < -0.3 is 10.4 Å². The van der Waals surface area contributed by atoms with Crippen LogP contribution in [0.5, 0.6) is 0 Å². The van der Waals surface area contributed by atoms with Gasteiger partial charge in [-0.15, -0.1) is 0 Å². The molecule has 0 bridgehead atoms. The van der Waals surface area contributed by atoms with Gasteiger partial charge in [-0.3, -0.25) is 4.79 Å². The molecule has 0 aliphatic heterocycles. The molecule has 1 aromatic carbocycles. The normalized spacial score (nSPS) is 13.9. The number of nitrogens with zero attached hydrogens (tertiary/aromatic N) is 2. The van der Waals surface area contributed by atoms with Crippen LogP contribution < -0.4 is 5.32 Å². The zero-order valence-electron chi connectivity index (χ0n) is 13.6. The second-order valence-electron chi connectivity index (χ2n) is 5.75. The number of carbonyl (C=O) groups excluding carboxylic acids is 1. The highest BCUT2D eigenvalue weighted by Crippen LogP contribution is 2.15. The summed E-state index contributed by atoms with van der Waals surface area (Å²) in [6, 6.07) is 5.06. The Hall–Kier alpha value is -2.01. The maximum absolute atomic E-state index is 12.4. The summed E-state index contributed by atoms with van der Waals surface area (Å²) in [5, 5.41) is 12.3. The molecule has 0 fully saturated rings. The van der Waals surface area contributed by atoms with Gasteiger partial charge in [0.25, 0.3) is 5.91 Å². The third-order valence-electron chi connectivity index (χ3n) is 4.18. The van der Waals surface area contributed by atoms with E-state index in [-0.39, 0.29) is 24.5 Å². The smallest absolute Gasteiger partial charge is 0.251 e. The van der Waals surface area contributed by atoms with E-state index in [1.54, 1.807) is 18.2 Å². The average Bonchev–Trinajstić information content (AvgIpc) is 2.52. The van der Waals surface area contributed by atoms with Crippen molar-refractivity contribution in [1.29, 1.82) is 0 Å². The van der Waals surface area contributed by atoms with Gasteiger partial charge in [-0.2, -0.15) is 0 Å². The third-order valence-corrected chi connectivity index (χ3v) is 4.18. The molecule has 2 rings (SSSR count). The Morgan fingerprint density at radius 3 is 2.45 bits per heavy atom. The Kier molecular flexibility index (Phi) is 5.08. The number of hydrogen-bond acceptors (Lipinski definition) is 4. The van der Waals surface area contributed by atoms with Crippen LogP contribution in [-0.4, -0.2) is 33.6 Å². The van der Waals surface area contributed by atoms with E-state index in [0.717, 1.165) is 23.3 Å². The molecule has 1 amide bonds. The molecule has 1 aromatic heterocycles. The SMILES string of the molecule is CC[C@H](C)[C@H](CO)NC(=O)c1ccc2nc(C)c(C)nc2c1. The lowest BCUT2D eigenvalue weighted by Crippen LogP contribution is -2.41. The molecule has 0 radical (unpaired) electrons. The van der Waals surface area contributed by atoms with Gasteiger partial charge in [0, 0.05) is 5.56 Å². The average molecular weight is 301 g/mol. The van der Waals surface area contributed by atoms with Gasteiger partial charge >= 0.3 is 0 Å². The second kappa shape index (κ2) is 6.83. The molecule has 22 heavy (non-hydrogen) atoms. The number of aliphatic hydroxyl groups excluding tert-OH is 1. The number of amides is 1. The number of fused-ring (bicyclic) bond motifs is 1. The van der Waals surface area contributed by atoms with Gasteiger partial charge in [-0.05, 0) is 38.0 Å². The van der Waals surface area contributed by atoms with Crippen LogP contribution in [-0.2, 0) is 0 Å². The van der Waals surface area contributed by atoms with Gasteiger partial charge in [-0.25, -0.2) is 9.97 Å². The van der Waals surface area contributed by atoms with Crippen LogP contribution >= 0.6 is 0 Å². The van der Waals surface area contributed by atoms with E-state index in [1.807, 2.05) is 27.7 Å². The van der Waals surface area contributed by atoms with Crippen LogP contribution in [0.4, 0.5) is 0 Å². The lowest BCUT2D eigenvalue weighted by molar-refractivity contribution is 0.0891. The molecular weight excluding hydrogens is 278 g/mol. The number of benzene rings is 1. The molecule has 0 saturated carbocycles. The van der Waals surface area contributed by atoms with Crippen molar-refractivity contribution in [2.24, 2.45) is 5.92 Å². The molecule has 2 N–H and O–H groups in total. The van der Waals surface area contributed by atoms with Crippen molar-refractivity contribution in [2.75, 3.05) is 6.61 Å². The van der Waals surface area contributed by atoms with E-state index < -0.39 is 0 Å². The standard InChI is InChI=1S/C17H23N3O2/c1-5-10(2)16(9-21)20-17(22)13-6-7-14-15(8-13)19-12(4)11(3)18-14/h6-8,10,16,21H,5,9H2,1-4H3,(H,20,22)/t10-,16-/m0/s1. The van der Waals surface area contributed by atoms with Crippen LogP contribution in [0.2, 0.25) is 0 Å². The summed E-state index contributed by atoms with van der Waals surface area (Å²) in [4.78, 5) is 21.3. The predicted molar refractivity (Wildman–Crippen MR) is 86.8 cm³/mol. The zero-order valence-corrected chi connectivity index (χ0v) is 13.6. The van der Waals surface area contributed by atoms with Gasteiger partial charge in [-0.1, -0.05) is 20.3 Å². The quantitative estimate of drug-likeness (QED) is 0.889. The summed E-state index contributed by atoms with van der Waals surface area (Å²) in [7, 11) is 0. The van der Waals surface area contributed by atoms with Crippen molar-refractivity contribution >= 4 is 16.9 Å². The van der Waals surface area contributed by atoms with Gasteiger partial charge in [0.1, 0.15) is 0 Å². The molecule has 0 unspecified atom stereocenters. The summed E-state index contributed by atoms with van der Waals surface area (Å²) >= 11 is 0. The molecule has 0 aliphatic rings. The minimum absolute atomic E-state index is 0.0631. The van der Waals surface area contributed by atoms with Crippen molar-refractivity contribution in [3.63, 3.8) is 0 Å². The first-order valence-electron chi connectivity index (χ1n) is 7.63. The van der Waals surface area contributed by atoms with E-state index in [0.29, 0.717) is 11.1 Å². The molecule has 0 saturated heterocycles. The molecule has 0 aliphatic carbocycles. The highest BCUT2D eigenvalue weighted by molar-refractivity contribution is 5.97. The Morgan fingerprint density at radius 2 is 1.86 bits per heavy atom. The van der Waals surface area contributed by atoms with E-state index in [1.165, 1.54) is 0 Å². The Morgan fingerprint density at radius 1 is 1.23 bits per heavy atom. The fourth-order valence-corrected chi connectivity index (χ4v) is 2.28. The minimum Gasteiger partial charge on any atom is -0.394 e. The highest BCUT2D eigenvalue weighted by Gasteiger charge is 2.18. The van der Waals surface area contributed by atoms with Crippen molar-refractivity contribution in [1.82, 2.24) is 15.3 Å². The van der Waals surface area contributed by atoms with Crippen LogP contribution in [0.15, 0.2) is 18.2 Å². The first-order chi connectivity index (χ1) is 10.5. The number of nitrogens with one attached hydrogen (secondary N) is 1. The number of aromatic nitrogens is 2. The van der Waals surface area contributed by atoms with Gasteiger partial charge in [0.05, 0.1) is 35.1 Å². The van der Waals surface area contributed by atoms with E-state index in [4.69, 9.17) is 0 Å². The van der Waals surface area contributed by atoms with Crippen molar-refractivity contribution in [2.45, 2.75) is 40.2 Å². The molecule has 2 aromatic rings. The molecule has 2 atom stereocenters. The first kappa shape index (κ1) is 16.4. The predicted octanol–water partition coefficient (Wildman–Crippen LogP) is 2.38. The number of rotatable bonds is 5. The number of aliphatic hydroxyl groups is 1. The molecule has 118 valence electrons. The lowest BCUT2D eigenvalue weighted by Gasteiger charge is -2.22. The topological polar surface area (TPSA) is 75.1 Å². The number of aryl methyl sites for hydroxylation is 2. The molecule has 0 spiro atoms. The van der Waals surface area contributed by atoms with E-state index in [2.05, 4.69) is 15.3 Å². The van der Waals surface area contributed by atoms with Crippen LogP contribution in [0.3, 0.4) is 0 Å². The molecular formula is C17H23N3O2. The largest absolute Gasteiger partial charge is 0.394 e. The summed E-state index contributed by atoms with van der Waals surface area (Å²) in [5.41, 5.74) is 3.77. The summed E-state index contributed by atoms with van der Waals surface area (Å²) < 4.78 is 0. The molecule has 1 heterocycles. The molecule has 5 nitrogen and oxygen atoms in total. The van der Waals surface area contributed by atoms with Crippen LogP contribution in [0, 0.1) is 19.8 Å². The highest BCUT2D eigenvalue weighted by atomic mass is 16.3. The maximum atomic E-state index is 12.4. The Labute approximate surface area is 130 Å². The monoisotopic (exact) mass is 301 g/mol. The van der Waals surface area contributed by atoms with Gasteiger partial charge in [0.2, 0.25) is 0 Å². The van der Waals surface area contributed by atoms with Crippen molar-refractivity contribution < 1.29 is 9.90 Å². The molecule has 5 heteroatoms. The number of carbonyl (C=O) groups is 1. The summed E-state index contributed by atoms with van der Waals surface area (Å²) in [6.45, 7) is 7.81. The van der Waals surface area contributed by atoms with Crippen molar-refractivity contribution in [3.8, 4) is 0 Å². The number of hydrogen-bond donors (Lipinski definition) is 2. The Bertz CT molecular complexity index is 685. The van der Waals surface area contributed by atoms with E-state index in [9.17, 15) is 9.90 Å².